The Morgan fingerprint density at radius 2 is 1.77 bits per heavy atom. The number of rotatable bonds is 5. The lowest BCUT2D eigenvalue weighted by Crippen LogP contribution is -2.46. The fraction of sp³-hybridized carbons (Fsp3) is 0.391. The predicted octanol–water partition coefficient (Wildman–Crippen LogP) is 3.36. The van der Waals surface area contributed by atoms with Crippen LogP contribution < -0.4 is 20.4 Å². The third-order valence-corrected chi connectivity index (χ3v) is 7.05. The van der Waals surface area contributed by atoms with Crippen LogP contribution in [0.5, 0.6) is 0 Å². The van der Waals surface area contributed by atoms with E-state index in [9.17, 15) is 14.1 Å². The van der Waals surface area contributed by atoms with Gasteiger partial charge in [-0.05, 0) is 48.6 Å². The van der Waals surface area contributed by atoms with E-state index in [4.69, 9.17) is 14.7 Å². The third-order valence-electron chi connectivity index (χ3n) is 6.15. The van der Waals surface area contributed by atoms with Gasteiger partial charge in [0, 0.05) is 42.4 Å². The van der Waals surface area contributed by atoms with E-state index >= 15 is 0 Å². The van der Waals surface area contributed by atoms with E-state index in [1.54, 1.807) is 11.3 Å². The van der Waals surface area contributed by atoms with Gasteiger partial charge in [0.05, 0.1) is 29.0 Å². The lowest BCUT2D eigenvalue weighted by Gasteiger charge is -2.33. The van der Waals surface area contributed by atoms with Crippen LogP contribution in [0.25, 0.3) is 10.2 Å². The molecule has 0 unspecified atom stereocenters. The maximum Gasteiger partial charge on any atom is 0.379 e. The number of ether oxygens (including phenoxy) is 1. The van der Waals surface area contributed by atoms with Gasteiger partial charge in [-0.25, -0.2) is 19.5 Å². The molecule has 2 N–H and O–H groups in total. The number of fused-ring (bicyclic) bond motifs is 1. The zero-order valence-corrected chi connectivity index (χ0v) is 19.7. The number of halogens is 1. The third kappa shape index (κ3) is 5.28. The highest BCUT2D eigenvalue weighted by Crippen LogP contribution is 2.32. The minimum atomic E-state index is -1.08. The van der Waals surface area contributed by atoms with Crippen LogP contribution in [0.1, 0.15) is 23.2 Å². The second-order valence-corrected chi connectivity index (χ2v) is 9.30. The molecule has 0 bridgehead atoms. The SMILES string of the molecule is O=C(Nc1ccc(C(=O)OF)cc1)NC1CCN(c2nc(N3CCOCC3)c3sccc3n2)CC1. The summed E-state index contributed by atoms with van der Waals surface area (Å²) < 4.78 is 18.6. The summed E-state index contributed by atoms with van der Waals surface area (Å²) in [5.41, 5.74) is 1.50. The van der Waals surface area contributed by atoms with Gasteiger partial charge in [-0.3, -0.25) is 0 Å². The molecule has 3 aromatic rings. The van der Waals surface area contributed by atoms with Crippen LogP contribution in [0.3, 0.4) is 0 Å². The molecule has 0 atom stereocenters. The zero-order chi connectivity index (χ0) is 24.2. The Morgan fingerprint density at radius 1 is 1.03 bits per heavy atom. The van der Waals surface area contributed by atoms with E-state index in [-0.39, 0.29) is 17.6 Å². The maximum atomic E-state index is 12.4. The molecule has 1 aromatic carbocycles. The van der Waals surface area contributed by atoms with E-state index in [1.807, 2.05) is 11.4 Å². The summed E-state index contributed by atoms with van der Waals surface area (Å²) in [4.78, 5) is 40.9. The molecule has 12 heteroatoms. The molecule has 5 rings (SSSR count). The van der Waals surface area contributed by atoms with Crippen LogP contribution in [0.2, 0.25) is 0 Å². The number of amides is 2. The van der Waals surface area contributed by atoms with E-state index in [0.717, 1.165) is 55.1 Å². The number of nitrogens with zero attached hydrogens (tertiary/aromatic N) is 4. The van der Waals surface area contributed by atoms with Gasteiger partial charge in [-0.2, -0.15) is 4.98 Å². The van der Waals surface area contributed by atoms with Crippen LogP contribution in [0.4, 0.5) is 26.8 Å². The van der Waals surface area contributed by atoms with Gasteiger partial charge in [-0.1, -0.05) is 0 Å². The summed E-state index contributed by atoms with van der Waals surface area (Å²) in [5, 5.41) is 7.76. The molecule has 2 fully saturated rings. The van der Waals surface area contributed by atoms with Crippen molar-refractivity contribution in [3.8, 4) is 0 Å². The Labute approximate surface area is 204 Å². The molecule has 2 saturated heterocycles. The van der Waals surface area contributed by atoms with Gasteiger partial charge in [0.1, 0.15) is 0 Å². The van der Waals surface area contributed by atoms with Crippen molar-refractivity contribution in [2.45, 2.75) is 18.9 Å². The Morgan fingerprint density at radius 3 is 2.49 bits per heavy atom. The molecule has 0 aliphatic carbocycles. The smallest absolute Gasteiger partial charge is 0.378 e. The highest BCUT2D eigenvalue weighted by molar-refractivity contribution is 7.17. The van der Waals surface area contributed by atoms with Gasteiger partial charge < -0.3 is 25.2 Å². The first kappa shape index (κ1) is 23.2. The molecule has 2 amide bonds. The van der Waals surface area contributed by atoms with Crippen molar-refractivity contribution >= 4 is 51.0 Å². The number of urea groups is 1. The Kier molecular flexibility index (Phi) is 6.91. The van der Waals surface area contributed by atoms with E-state index in [1.165, 1.54) is 24.3 Å². The summed E-state index contributed by atoms with van der Waals surface area (Å²) in [7, 11) is 0. The highest BCUT2D eigenvalue weighted by Gasteiger charge is 2.25. The largest absolute Gasteiger partial charge is 0.379 e. The van der Waals surface area contributed by atoms with Crippen molar-refractivity contribution in [3.63, 3.8) is 0 Å². The normalized spacial score (nSPS) is 16.8. The van der Waals surface area contributed by atoms with Crippen LogP contribution in [0, 0.1) is 0 Å². The number of piperidine rings is 1. The second kappa shape index (κ2) is 10.4. The Hall–Kier alpha value is -3.51. The van der Waals surface area contributed by atoms with Crippen LogP contribution in [0.15, 0.2) is 35.7 Å². The number of hydrogen-bond acceptors (Lipinski definition) is 9. The number of nitrogens with one attached hydrogen (secondary N) is 2. The first-order valence-corrected chi connectivity index (χ1v) is 12.3. The molecule has 35 heavy (non-hydrogen) atoms. The van der Waals surface area contributed by atoms with Gasteiger partial charge in [0.15, 0.2) is 5.82 Å². The fourth-order valence-electron chi connectivity index (χ4n) is 4.28. The number of thiophene rings is 1. The molecular formula is C23H25FN6O4S. The average Bonchev–Trinajstić information content (AvgIpc) is 3.38. The number of anilines is 3. The molecule has 10 nitrogen and oxygen atoms in total. The summed E-state index contributed by atoms with van der Waals surface area (Å²) >= 11 is 1.65. The van der Waals surface area contributed by atoms with Crippen molar-refractivity contribution < 1.29 is 23.8 Å². The molecule has 2 aliphatic rings. The van der Waals surface area contributed by atoms with Crippen molar-refractivity contribution in [1.29, 1.82) is 0 Å². The Balaban J connectivity index is 1.18. The second-order valence-electron chi connectivity index (χ2n) is 8.38. The van der Waals surface area contributed by atoms with Crippen molar-refractivity contribution in [3.05, 3.63) is 41.3 Å². The fourth-order valence-corrected chi connectivity index (χ4v) is 5.13. The molecule has 2 aliphatic heterocycles. The summed E-state index contributed by atoms with van der Waals surface area (Å²) in [6.45, 7) is 4.46. The van der Waals surface area contributed by atoms with Crippen LogP contribution in [-0.2, 0) is 9.68 Å². The molecule has 0 saturated carbocycles. The average molecular weight is 501 g/mol. The number of carbonyl (C=O) groups is 2. The summed E-state index contributed by atoms with van der Waals surface area (Å²) in [5.74, 6) is 0.605. The van der Waals surface area contributed by atoms with E-state index < -0.39 is 5.97 Å². The van der Waals surface area contributed by atoms with Crippen LogP contribution in [-0.4, -0.2) is 67.4 Å². The first-order chi connectivity index (χ1) is 17.1. The number of carbonyl (C=O) groups excluding carboxylic acids is 2. The number of benzene rings is 1. The molecule has 0 spiro atoms. The monoisotopic (exact) mass is 500 g/mol. The Bertz CT molecular complexity index is 1190. The van der Waals surface area contributed by atoms with Crippen molar-refractivity contribution in [2.75, 3.05) is 54.5 Å². The zero-order valence-electron chi connectivity index (χ0n) is 18.9. The maximum absolute atomic E-state index is 12.4. The number of morpholine rings is 1. The van der Waals surface area contributed by atoms with Crippen LogP contribution >= 0.6 is 11.3 Å². The minimum Gasteiger partial charge on any atom is -0.378 e. The molecule has 2 aromatic heterocycles. The van der Waals surface area contributed by atoms with E-state index in [0.29, 0.717) is 24.8 Å². The van der Waals surface area contributed by atoms with Gasteiger partial charge in [-0.15, -0.1) is 11.3 Å². The van der Waals surface area contributed by atoms with Gasteiger partial charge in [0.2, 0.25) is 5.95 Å². The topological polar surface area (TPSA) is 109 Å². The number of aromatic nitrogens is 2. The first-order valence-electron chi connectivity index (χ1n) is 11.4. The minimum absolute atomic E-state index is 0.00984. The number of hydrogen-bond donors (Lipinski definition) is 2. The van der Waals surface area contributed by atoms with Gasteiger partial charge >= 0.3 is 12.0 Å². The van der Waals surface area contributed by atoms with Gasteiger partial charge in [0.25, 0.3) is 0 Å². The van der Waals surface area contributed by atoms with Crippen molar-refractivity contribution in [1.82, 2.24) is 15.3 Å². The molecule has 4 heterocycles. The van der Waals surface area contributed by atoms with E-state index in [2.05, 4.69) is 25.4 Å². The highest BCUT2D eigenvalue weighted by atomic mass is 32.1. The molecule has 184 valence electrons. The van der Waals surface area contributed by atoms with Crippen molar-refractivity contribution in [2.24, 2.45) is 0 Å². The quantitative estimate of drug-likeness (QED) is 0.549. The predicted molar refractivity (Wildman–Crippen MR) is 131 cm³/mol. The lowest BCUT2D eigenvalue weighted by molar-refractivity contribution is -0.0788. The summed E-state index contributed by atoms with van der Waals surface area (Å²) in [6.07, 6.45) is 1.51. The summed E-state index contributed by atoms with van der Waals surface area (Å²) in [6, 6.07) is 7.49. The lowest BCUT2D eigenvalue weighted by atomic mass is 10.1. The standard InChI is InChI=1S/C23H25FN6O4S/c24-34-21(31)15-1-3-16(4-2-15)25-23(32)26-17-5-8-30(9-6-17)22-27-18-7-14-35-19(18)20(28-22)29-10-12-33-13-11-29/h1-4,7,14,17H,5-6,8-13H2,(H2,25,26,32). The molecule has 0 radical (unpaired) electrons. The molecular weight excluding hydrogens is 475 g/mol.